The maximum atomic E-state index is 12.6. The topological polar surface area (TPSA) is 43.1 Å². The van der Waals surface area contributed by atoms with Gasteiger partial charge in [-0.3, -0.25) is 4.79 Å². The van der Waals surface area contributed by atoms with Crippen LogP contribution in [-0.4, -0.2) is 5.78 Å². The van der Waals surface area contributed by atoms with Crippen LogP contribution < -0.4 is 5.73 Å². The summed E-state index contributed by atoms with van der Waals surface area (Å²) in [7, 11) is 0. The molecule has 2 N–H and O–H groups in total. The van der Waals surface area contributed by atoms with Crippen LogP contribution in [0, 0.1) is 0 Å². The Hall–Kier alpha value is -0.860. The van der Waals surface area contributed by atoms with Gasteiger partial charge in [-0.2, -0.15) is 0 Å². The van der Waals surface area contributed by atoms with Crippen LogP contribution in [0.15, 0.2) is 24.3 Å². The van der Waals surface area contributed by atoms with Crippen LogP contribution in [0.25, 0.3) is 0 Å². The number of rotatable bonds is 1. The average molecular weight is 232 g/mol. The van der Waals surface area contributed by atoms with E-state index < -0.39 is 36.8 Å². The van der Waals surface area contributed by atoms with Gasteiger partial charge >= 0.3 is 0 Å². The number of halogens is 1. The SMILES string of the molecule is [2H]C1([2H])C(=O)[C@@](N)(c2ccccc2Cl)C([2H])([2H])C([2H])([2H])C1([2H])[2H]. The predicted molar refractivity (Wildman–Crippen MR) is 60.8 cm³/mol. The van der Waals surface area contributed by atoms with E-state index in [4.69, 9.17) is 28.3 Å². The molecule has 2 nitrogen and oxygen atoms in total. The minimum atomic E-state index is -3.43. The third kappa shape index (κ3) is 1.80. The van der Waals surface area contributed by atoms with Gasteiger partial charge in [0, 0.05) is 22.4 Å². The van der Waals surface area contributed by atoms with Crippen molar-refractivity contribution in [3.05, 3.63) is 34.9 Å². The average Bonchev–Trinajstić information content (AvgIpc) is 2.44. The number of carbonyl (C=O) groups is 1. The van der Waals surface area contributed by atoms with E-state index >= 15 is 0 Å². The maximum Gasteiger partial charge on any atom is 0.157 e. The highest BCUT2D eigenvalue weighted by atomic mass is 35.5. The van der Waals surface area contributed by atoms with Gasteiger partial charge in [0.2, 0.25) is 0 Å². The van der Waals surface area contributed by atoms with Crippen LogP contribution in [0.1, 0.15) is 42.0 Å². The summed E-state index contributed by atoms with van der Waals surface area (Å²) in [5.74, 6) is -1.59. The van der Waals surface area contributed by atoms with Crippen molar-refractivity contribution in [2.45, 2.75) is 31.0 Å². The Morgan fingerprint density at radius 3 is 2.87 bits per heavy atom. The van der Waals surface area contributed by atoms with Crippen molar-refractivity contribution in [1.82, 2.24) is 0 Å². The largest absolute Gasteiger partial charge is 0.315 e. The summed E-state index contributed by atoms with van der Waals surface area (Å²) in [6, 6.07) is 5.39. The Morgan fingerprint density at radius 2 is 2.13 bits per heavy atom. The van der Waals surface area contributed by atoms with Crippen molar-refractivity contribution in [3.8, 4) is 0 Å². The molecule has 1 aliphatic carbocycles. The van der Waals surface area contributed by atoms with E-state index in [0.29, 0.717) is 0 Å². The van der Waals surface area contributed by atoms with E-state index in [0.717, 1.165) is 0 Å². The molecule has 0 radical (unpaired) electrons. The van der Waals surface area contributed by atoms with Crippen molar-refractivity contribution in [2.24, 2.45) is 5.73 Å². The lowest BCUT2D eigenvalue weighted by Gasteiger charge is -2.32. The highest BCUT2D eigenvalue weighted by Crippen LogP contribution is 2.35. The smallest absolute Gasteiger partial charge is 0.157 e. The molecular weight excluding hydrogens is 210 g/mol. The molecule has 15 heavy (non-hydrogen) atoms. The van der Waals surface area contributed by atoms with Crippen LogP contribution in [-0.2, 0) is 10.3 Å². The van der Waals surface area contributed by atoms with Gasteiger partial charge in [0.05, 0.1) is 0 Å². The number of ketones is 1. The van der Waals surface area contributed by atoms with Crippen LogP contribution in [0.2, 0.25) is 5.02 Å². The highest BCUT2D eigenvalue weighted by Gasteiger charge is 2.38. The Kier molecular flexibility index (Phi) is 1.20. The van der Waals surface area contributed by atoms with Gasteiger partial charge < -0.3 is 5.73 Å². The molecule has 2 rings (SSSR count). The lowest BCUT2D eigenvalue weighted by molar-refractivity contribution is -0.126. The first-order chi connectivity index (χ1) is 10.2. The quantitative estimate of drug-likeness (QED) is 0.808. The molecule has 0 heterocycles. The molecule has 80 valence electrons. The number of nitrogens with two attached hydrogens (primary N) is 1. The second-order valence-corrected chi connectivity index (χ2v) is 3.52. The van der Waals surface area contributed by atoms with Gasteiger partial charge in [0.15, 0.2) is 5.78 Å². The van der Waals surface area contributed by atoms with Gasteiger partial charge in [-0.1, -0.05) is 36.2 Å². The van der Waals surface area contributed by atoms with Gasteiger partial charge in [0.25, 0.3) is 0 Å². The Bertz CT molecular complexity index is 677. The Morgan fingerprint density at radius 1 is 1.40 bits per heavy atom. The molecule has 1 aromatic carbocycles. The first-order valence-corrected chi connectivity index (χ1v) is 4.64. The number of carbonyl (C=O) groups excluding carboxylic acids is 1. The third-order valence-corrected chi connectivity index (χ3v) is 2.48. The van der Waals surface area contributed by atoms with Crippen molar-refractivity contribution >= 4 is 17.4 Å². The molecule has 1 aromatic rings. The molecule has 1 atom stereocenters. The summed E-state index contributed by atoms with van der Waals surface area (Å²) in [5.41, 5.74) is 2.84. The minimum Gasteiger partial charge on any atom is -0.315 e. The van der Waals surface area contributed by atoms with Crippen molar-refractivity contribution in [2.75, 3.05) is 0 Å². The maximum absolute atomic E-state index is 12.6. The fourth-order valence-corrected chi connectivity index (χ4v) is 1.63. The number of hydrogen-bond acceptors (Lipinski definition) is 2. The molecule has 0 aromatic heterocycles. The second kappa shape index (κ2) is 3.95. The zero-order valence-electron chi connectivity index (χ0n) is 15.7. The fourth-order valence-electron chi connectivity index (χ4n) is 1.34. The van der Waals surface area contributed by atoms with E-state index in [-0.39, 0.29) is 10.6 Å². The molecule has 3 heteroatoms. The van der Waals surface area contributed by atoms with E-state index in [2.05, 4.69) is 0 Å². The fraction of sp³-hybridized carbons (Fsp3) is 0.417. The molecule has 0 amide bonds. The van der Waals surface area contributed by atoms with Gasteiger partial charge in [-0.25, -0.2) is 0 Å². The third-order valence-electron chi connectivity index (χ3n) is 2.16. The molecule has 0 saturated heterocycles. The van der Waals surface area contributed by atoms with Crippen LogP contribution in [0.3, 0.4) is 0 Å². The van der Waals surface area contributed by atoms with Gasteiger partial charge in [-0.15, -0.1) is 0 Å². The molecule has 0 unspecified atom stereocenters. The minimum absolute atomic E-state index is 0.138. The monoisotopic (exact) mass is 231 g/mol. The summed E-state index contributed by atoms with van der Waals surface area (Å²) in [6.07, 6.45) is -13.4. The normalized spacial score (nSPS) is 48.0. The van der Waals surface area contributed by atoms with E-state index in [1.807, 2.05) is 0 Å². The Balaban J connectivity index is 2.89. The highest BCUT2D eigenvalue weighted by molar-refractivity contribution is 6.31. The van der Waals surface area contributed by atoms with E-state index in [9.17, 15) is 4.79 Å². The zero-order valence-corrected chi connectivity index (χ0v) is 8.43. The number of hydrogen-bond donors (Lipinski definition) is 1. The molecule has 1 saturated carbocycles. The molecule has 0 aliphatic heterocycles. The van der Waals surface area contributed by atoms with E-state index in [1.165, 1.54) is 24.3 Å². The second-order valence-electron chi connectivity index (χ2n) is 3.12. The number of Topliss-reactive ketones (excluding diaryl/α,β-unsaturated/α-hetero) is 1. The summed E-state index contributed by atoms with van der Waals surface area (Å²) in [5, 5.41) is -0.138. The predicted octanol–water partition coefficient (Wildman–Crippen LogP) is 2.64. The molecule has 1 fully saturated rings. The van der Waals surface area contributed by atoms with Crippen LogP contribution >= 0.6 is 11.6 Å². The lowest BCUT2D eigenvalue weighted by atomic mass is 9.76. The summed E-state index contributed by atoms with van der Waals surface area (Å²) >= 11 is 5.96. The van der Waals surface area contributed by atoms with Gasteiger partial charge in [-0.05, 0) is 24.4 Å². The van der Waals surface area contributed by atoms with Gasteiger partial charge in [0.1, 0.15) is 5.54 Å². The summed E-state index contributed by atoms with van der Waals surface area (Å²) in [6.45, 7) is 0. The zero-order chi connectivity index (χ0) is 18.1. The molecule has 0 bridgehead atoms. The Labute approximate surface area is 106 Å². The number of benzene rings is 1. The standard InChI is InChI=1S/C12H14ClNO/c13-10-6-2-1-5-9(10)12(14)8-4-3-7-11(12)15/h1-2,5-6H,3-4,7-8,14H2/t12-/m0/s1/i3D2,4D2,7D2,8D2. The van der Waals surface area contributed by atoms with Crippen molar-refractivity contribution < 1.29 is 15.8 Å². The first kappa shape index (κ1) is 4.56. The summed E-state index contributed by atoms with van der Waals surface area (Å²) in [4.78, 5) is 12.6. The molecular formula is C12H14ClNO. The van der Waals surface area contributed by atoms with E-state index in [1.54, 1.807) is 0 Å². The summed E-state index contributed by atoms with van der Waals surface area (Å²) < 4.78 is 62.7. The molecule has 0 spiro atoms. The van der Waals surface area contributed by atoms with Crippen molar-refractivity contribution in [1.29, 1.82) is 0 Å². The van der Waals surface area contributed by atoms with Crippen LogP contribution in [0.4, 0.5) is 0 Å². The lowest BCUT2D eigenvalue weighted by Crippen LogP contribution is -2.47. The molecule has 1 aliphatic rings. The van der Waals surface area contributed by atoms with Crippen molar-refractivity contribution in [3.63, 3.8) is 0 Å². The van der Waals surface area contributed by atoms with Crippen LogP contribution in [0.5, 0.6) is 0 Å². The first-order valence-electron chi connectivity index (χ1n) is 8.26.